The molecule has 0 saturated carbocycles. The monoisotopic (exact) mass is 259 g/mol. The third-order valence-electron chi connectivity index (χ3n) is 2.56. The summed E-state index contributed by atoms with van der Waals surface area (Å²) >= 11 is 1.59. The summed E-state index contributed by atoms with van der Waals surface area (Å²) in [5.41, 5.74) is 7.33. The lowest BCUT2D eigenvalue weighted by atomic mass is 10.3. The third-order valence-corrected chi connectivity index (χ3v) is 3.46. The molecule has 0 saturated heterocycles. The molecule has 3 rings (SSSR count). The first-order chi connectivity index (χ1) is 8.74. The van der Waals surface area contributed by atoms with E-state index in [0.717, 1.165) is 10.6 Å². The van der Waals surface area contributed by atoms with Gasteiger partial charge < -0.3 is 5.73 Å². The molecule has 0 aliphatic heterocycles. The fourth-order valence-electron chi connectivity index (χ4n) is 1.75. The van der Waals surface area contributed by atoms with Crippen molar-refractivity contribution < 1.29 is 4.39 Å². The van der Waals surface area contributed by atoms with Crippen LogP contribution in [-0.2, 0) is 0 Å². The second-order valence-electron chi connectivity index (χ2n) is 3.82. The summed E-state index contributed by atoms with van der Waals surface area (Å²) in [6.07, 6.45) is 0. The number of benzene rings is 1. The van der Waals surface area contributed by atoms with E-state index in [9.17, 15) is 4.39 Å². The van der Waals surface area contributed by atoms with Gasteiger partial charge in [0.25, 0.3) is 0 Å². The minimum atomic E-state index is -0.305. The van der Waals surface area contributed by atoms with Crippen molar-refractivity contribution in [2.75, 3.05) is 5.73 Å². The van der Waals surface area contributed by atoms with Gasteiger partial charge in [-0.15, -0.1) is 11.3 Å². The Kier molecular flexibility index (Phi) is 2.60. The molecule has 0 amide bonds. The molecule has 0 bridgehead atoms. The fraction of sp³-hybridized carbons (Fsp3) is 0. The molecule has 5 heteroatoms. The Balaban J connectivity index is 2.09. The van der Waals surface area contributed by atoms with E-state index in [2.05, 4.69) is 5.10 Å². The van der Waals surface area contributed by atoms with Crippen LogP contribution in [0.15, 0.2) is 47.8 Å². The van der Waals surface area contributed by atoms with Crippen LogP contribution < -0.4 is 5.73 Å². The SMILES string of the molecule is Nc1cc(-c2cccs2)nn1-c1cccc(F)c1. The second kappa shape index (κ2) is 4.27. The zero-order valence-electron chi connectivity index (χ0n) is 9.38. The average Bonchev–Trinajstić information content (AvgIpc) is 2.97. The molecule has 2 N–H and O–H groups in total. The molecule has 0 atom stereocenters. The number of nitrogens with two attached hydrogens (primary N) is 1. The molecular formula is C13H10FN3S. The average molecular weight is 259 g/mol. The molecule has 0 aliphatic carbocycles. The van der Waals surface area contributed by atoms with E-state index in [1.54, 1.807) is 29.5 Å². The Morgan fingerprint density at radius 3 is 2.78 bits per heavy atom. The van der Waals surface area contributed by atoms with Crippen molar-refractivity contribution in [3.8, 4) is 16.3 Å². The van der Waals surface area contributed by atoms with Gasteiger partial charge >= 0.3 is 0 Å². The number of hydrogen-bond acceptors (Lipinski definition) is 3. The van der Waals surface area contributed by atoms with Crippen LogP contribution in [0.3, 0.4) is 0 Å². The van der Waals surface area contributed by atoms with Crippen molar-refractivity contribution in [1.82, 2.24) is 9.78 Å². The minimum Gasteiger partial charge on any atom is -0.384 e. The summed E-state index contributed by atoms with van der Waals surface area (Å²) in [7, 11) is 0. The Labute approximate surface area is 107 Å². The second-order valence-corrected chi connectivity index (χ2v) is 4.77. The fourth-order valence-corrected chi connectivity index (χ4v) is 2.44. The van der Waals surface area contributed by atoms with Gasteiger partial charge in [-0.1, -0.05) is 12.1 Å². The molecular weight excluding hydrogens is 249 g/mol. The van der Waals surface area contributed by atoms with Crippen molar-refractivity contribution in [2.24, 2.45) is 0 Å². The van der Waals surface area contributed by atoms with Crippen molar-refractivity contribution in [3.63, 3.8) is 0 Å². The molecule has 18 heavy (non-hydrogen) atoms. The highest BCUT2D eigenvalue weighted by Gasteiger charge is 2.09. The normalized spacial score (nSPS) is 10.7. The first-order valence-corrected chi connectivity index (χ1v) is 6.27. The number of halogens is 1. The van der Waals surface area contributed by atoms with Gasteiger partial charge in [0.2, 0.25) is 0 Å². The van der Waals surface area contributed by atoms with Crippen LogP contribution in [0.25, 0.3) is 16.3 Å². The van der Waals surface area contributed by atoms with Gasteiger partial charge in [-0.3, -0.25) is 0 Å². The van der Waals surface area contributed by atoms with Gasteiger partial charge in [-0.2, -0.15) is 5.10 Å². The molecule has 2 aromatic heterocycles. The zero-order chi connectivity index (χ0) is 12.5. The molecule has 2 heterocycles. The van der Waals surface area contributed by atoms with E-state index >= 15 is 0 Å². The maximum absolute atomic E-state index is 13.2. The number of aromatic nitrogens is 2. The van der Waals surface area contributed by atoms with Crippen LogP contribution in [0, 0.1) is 5.82 Å². The van der Waals surface area contributed by atoms with Crippen molar-refractivity contribution >= 4 is 17.2 Å². The Morgan fingerprint density at radius 1 is 1.17 bits per heavy atom. The number of thiophene rings is 1. The van der Waals surface area contributed by atoms with Crippen LogP contribution in [0.1, 0.15) is 0 Å². The van der Waals surface area contributed by atoms with Gasteiger partial charge in [0.1, 0.15) is 17.3 Å². The summed E-state index contributed by atoms with van der Waals surface area (Å²) in [5.74, 6) is 0.184. The predicted octanol–water partition coefficient (Wildman–Crippen LogP) is 3.32. The number of rotatable bonds is 2. The van der Waals surface area contributed by atoms with E-state index in [1.807, 2.05) is 17.5 Å². The maximum atomic E-state index is 13.2. The molecule has 0 radical (unpaired) electrons. The van der Waals surface area contributed by atoms with Crippen molar-refractivity contribution in [1.29, 1.82) is 0 Å². The largest absolute Gasteiger partial charge is 0.384 e. The first-order valence-electron chi connectivity index (χ1n) is 5.39. The topological polar surface area (TPSA) is 43.8 Å². The van der Waals surface area contributed by atoms with Gasteiger partial charge in [0, 0.05) is 6.07 Å². The maximum Gasteiger partial charge on any atom is 0.127 e. The quantitative estimate of drug-likeness (QED) is 0.767. The lowest BCUT2D eigenvalue weighted by Gasteiger charge is -2.03. The summed E-state index contributed by atoms with van der Waals surface area (Å²) in [5, 5.41) is 6.38. The van der Waals surface area contributed by atoms with Gasteiger partial charge in [0.05, 0.1) is 10.6 Å². The van der Waals surface area contributed by atoms with E-state index in [0.29, 0.717) is 11.5 Å². The standard InChI is InChI=1S/C13H10FN3S/c14-9-3-1-4-10(7-9)17-13(15)8-11(16-17)12-5-2-6-18-12/h1-8H,15H2. The van der Waals surface area contributed by atoms with E-state index in [-0.39, 0.29) is 5.82 Å². The van der Waals surface area contributed by atoms with Crippen molar-refractivity contribution in [2.45, 2.75) is 0 Å². The smallest absolute Gasteiger partial charge is 0.127 e. The first kappa shape index (κ1) is 11.0. The third kappa shape index (κ3) is 1.89. The highest BCUT2D eigenvalue weighted by molar-refractivity contribution is 7.13. The van der Waals surface area contributed by atoms with E-state index < -0.39 is 0 Å². The lowest BCUT2D eigenvalue weighted by Crippen LogP contribution is -2.01. The number of nitrogen functional groups attached to an aromatic ring is 1. The Morgan fingerprint density at radius 2 is 2.06 bits per heavy atom. The Bertz CT molecular complexity index is 673. The van der Waals surface area contributed by atoms with Crippen LogP contribution in [0.4, 0.5) is 10.2 Å². The molecule has 0 aliphatic rings. The summed E-state index contributed by atoms with van der Waals surface area (Å²) in [6, 6.07) is 11.9. The lowest BCUT2D eigenvalue weighted by molar-refractivity contribution is 0.625. The van der Waals surface area contributed by atoms with Crippen LogP contribution >= 0.6 is 11.3 Å². The number of anilines is 1. The summed E-state index contributed by atoms with van der Waals surface area (Å²) < 4.78 is 14.7. The van der Waals surface area contributed by atoms with Crippen LogP contribution in [-0.4, -0.2) is 9.78 Å². The molecule has 0 fully saturated rings. The van der Waals surface area contributed by atoms with Crippen LogP contribution in [0.2, 0.25) is 0 Å². The van der Waals surface area contributed by atoms with Crippen molar-refractivity contribution in [3.05, 3.63) is 53.7 Å². The summed E-state index contributed by atoms with van der Waals surface area (Å²) in [6.45, 7) is 0. The molecule has 0 unspecified atom stereocenters. The molecule has 1 aromatic carbocycles. The molecule has 3 nitrogen and oxygen atoms in total. The van der Waals surface area contributed by atoms with E-state index in [1.165, 1.54) is 16.8 Å². The zero-order valence-corrected chi connectivity index (χ0v) is 10.2. The minimum absolute atomic E-state index is 0.305. The highest BCUT2D eigenvalue weighted by atomic mass is 32.1. The molecule has 3 aromatic rings. The number of nitrogens with zero attached hydrogens (tertiary/aromatic N) is 2. The predicted molar refractivity (Wildman–Crippen MR) is 71.2 cm³/mol. The van der Waals surface area contributed by atoms with Gasteiger partial charge in [-0.05, 0) is 29.6 Å². The molecule has 90 valence electrons. The molecule has 0 spiro atoms. The van der Waals surface area contributed by atoms with E-state index in [4.69, 9.17) is 5.73 Å². The number of hydrogen-bond donors (Lipinski definition) is 1. The van der Waals surface area contributed by atoms with Gasteiger partial charge in [0.15, 0.2) is 0 Å². The van der Waals surface area contributed by atoms with Crippen LogP contribution in [0.5, 0.6) is 0 Å². The van der Waals surface area contributed by atoms with Gasteiger partial charge in [-0.25, -0.2) is 9.07 Å². The Hall–Kier alpha value is -2.14. The highest BCUT2D eigenvalue weighted by Crippen LogP contribution is 2.26. The summed E-state index contributed by atoms with van der Waals surface area (Å²) in [4.78, 5) is 1.04.